The van der Waals surface area contributed by atoms with Crippen LogP contribution in [0.25, 0.3) is 77.2 Å². The fourth-order valence-electron chi connectivity index (χ4n) is 10.7. The lowest BCUT2D eigenvalue weighted by Gasteiger charge is -2.35. The van der Waals surface area contributed by atoms with Crippen molar-refractivity contribution in [1.29, 1.82) is 0 Å². The van der Waals surface area contributed by atoms with E-state index >= 15 is 0 Å². The number of nitrogens with zero attached hydrogens (tertiary/aromatic N) is 1. The van der Waals surface area contributed by atoms with Crippen LogP contribution in [0.15, 0.2) is 255 Å². The van der Waals surface area contributed by atoms with E-state index in [1.54, 1.807) is 0 Å². The Morgan fingerprint density at radius 3 is 1.51 bits per heavy atom. The molecule has 1 unspecified atom stereocenters. The fourth-order valence-corrected chi connectivity index (χ4v) is 10.7. The van der Waals surface area contributed by atoms with Gasteiger partial charge in [0, 0.05) is 16.8 Å². The third-order valence-electron chi connectivity index (χ3n) is 13.7. The molecule has 0 bridgehead atoms. The summed E-state index contributed by atoms with van der Waals surface area (Å²) in [6, 6.07) is 93.5. The van der Waals surface area contributed by atoms with Crippen molar-refractivity contribution < 1.29 is 0 Å². The van der Waals surface area contributed by atoms with E-state index in [1.807, 2.05) is 0 Å². The highest BCUT2D eigenvalue weighted by Crippen LogP contribution is 2.57. The summed E-state index contributed by atoms with van der Waals surface area (Å²) in [5.41, 5.74) is 19.2. The van der Waals surface area contributed by atoms with E-state index in [9.17, 15) is 0 Å². The summed E-state index contributed by atoms with van der Waals surface area (Å²) >= 11 is 0. The molecule has 0 aliphatic heterocycles. The first kappa shape index (κ1) is 38.4. The van der Waals surface area contributed by atoms with E-state index < -0.39 is 0 Å². The van der Waals surface area contributed by atoms with Gasteiger partial charge in [-0.3, -0.25) is 0 Å². The third kappa shape index (κ3) is 6.39. The summed E-state index contributed by atoms with van der Waals surface area (Å²) in [4.78, 5) is 2.48. The van der Waals surface area contributed by atoms with Crippen LogP contribution in [0.1, 0.15) is 23.6 Å². The zero-order chi connectivity index (χ0) is 43.3. The largest absolute Gasteiger partial charge is 0.310 e. The predicted octanol–water partition coefficient (Wildman–Crippen LogP) is 17.5. The monoisotopic (exact) mass is 827 g/mol. The van der Waals surface area contributed by atoms with E-state index in [2.05, 4.69) is 267 Å². The molecule has 1 aliphatic rings. The van der Waals surface area contributed by atoms with Crippen molar-refractivity contribution >= 4 is 38.6 Å². The second-order valence-corrected chi connectivity index (χ2v) is 17.3. The smallest absolute Gasteiger partial charge is 0.0512 e. The van der Waals surface area contributed by atoms with Crippen molar-refractivity contribution in [1.82, 2.24) is 0 Å². The van der Waals surface area contributed by atoms with Gasteiger partial charge in [0.05, 0.1) is 5.69 Å². The third-order valence-corrected chi connectivity index (χ3v) is 13.7. The minimum absolute atomic E-state index is 0.386. The quantitative estimate of drug-likeness (QED) is 0.138. The van der Waals surface area contributed by atoms with Gasteiger partial charge in [-0.05, 0) is 137 Å². The molecule has 0 amide bonds. The molecule has 1 nitrogen and oxygen atoms in total. The summed E-state index contributed by atoms with van der Waals surface area (Å²) in [6.07, 6.45) is 0. The van der Waals surface area contributed by atoms with Crippen LogP contribution in [0.3, 0.4) is 0 Å². The first-order valence-corrected chi connectivity index (χ1v) is 22.6. The van der Waals surface area contributed by atoms with Gasteiger partial charge in [0.1, 0.15) is 0 Å². The van der Waals surface area contributed by atoms with E-state index in [4.69, 9.17) is 0 Å². The van der Waals surface area contributed by atoms with Gasteiger partial charge in [-0.2, -0.15) is 0 Å². The lowest BCUT2D eigenvalue weighted by molar-refractivity contribution is 0.714. The molecule has 0 aromatic heterocycles. The van der Waals surface area contributed by atoms with Gasteiger partial charge in [-0.25, -0.2) is 0 Å². The van der Waals surface area contributed by atoms with Crippen molar-refractivity contribution in [2.24, 2.45) is 0 Å². The Morgan fingerprint density at radius 2 is 0.800 bits per heavy atom. The zero-order valence-electron chi connectivity index (χ0n) is 36.2. The van der Waals surface area contributed by atoms with Crippen LogP contribution < -0.4 is 4.90 Å². The highest BCUT2D eigenvalue weighted by atomic mass is 15.1. The number of hydrogen-bond acceptors (Lipinski definition) is 1. The molecule has 0 radical (unpaired) electrons. The molecule has 1 atom stereocenters. The Hall–Kier alpha value is -8.26. The first-order chi connectivity index (χ1) is 32.1. The van der Waals surface area contributed by atoms with Crippen molar-refractivity contribution in [2.75, 3.05) is 4.90 Å². The van der Waals surface area contributed by atoms with Crippen LogP contribution in [0.2, 0.25) is 0 Å². The molecule has 0 spiro atoms. The summed E-state index contributed by atoms with van der Waals surface area (Å²) < 4.78 is 0. The van der Waals surface area contributed by atoms with Gasteiger partial charge in [-0.1, -0.05) is 218 Å². The highest BCUT2D eigenvalue weighted by molar-refractivity contribution is 6.22. The topological polar surface area (TPSA) is 3.24 Å². The Labute approximate surface area is 381 Å². The second-order valence-electron chi connectivity index (χ2n) is 17.3. The van der Waals surface area contributed by atoms with E-state index in [1.165, 1.54) is 99.6 Å². The van der Waals surface area contributed by atoms with Gasteiger partial charge in [0.2, 0.25) is 0 Å². The SMILES string of the molecule is CC1(c2ccccc2)c2ccccc2-c2cccc(N(c3ccc(-c4ccc5c(c4)c(-c4ccccc4)c(-c4ccccc4)c4ccccc45)cc3)c3cccc(-c4ccccc4)c3)c21. The fraction of sp³-hybridized carbons (Fsp3) is 0.0312. The van der Waals surface area contributed by atoms with Crippen LogP contribution in [0.4, 0.5) is 17.1 Å². The van der Waals surface area contributed by atoms with Gasteiger partial charge in [0.25, 0.3) is 0 Å². The number of hydrogen-bond donors (Lipinski definition) is 0. The minimum atomic E-state index is -0.386. The van der Waals surface area contributed by atoms with Crippen molar-refractivity contribution in [3.8, 4) is 55.6 Å². The average Bonchev–Trinajstić information content (AvgIpc) is 3.66. The van der Waals surface area contributed by atoms with Gasteiger partial charge < -0.3 is 4.90 Å². The number of benzene rings is 11. The maximum atomic E-state index is 2.48. The molecule has 0 heterocycles. The van der Waals surface area contributed by atoms with Crippen LogP contribution >= 0.6 is 0 Å². The lowest BCUT2D eigenvalue weighted by atomic mass is 9.73. The van der Waals surface area contributed by atoms with Crippen molar-refractivity contribution in [3.05, 3.63) is 271 Å². The average molecular weight is 828 g/mol. The molecule has 11 aromatic rings. The molecule has 0 N–H and O–H groups in total. The molecule has 306 valence electrons. The standard InChI is InChI=1S/C64H45N/c1-64(50-27-12-5-13-28-50)59-34-17-16-31-55(59)57-33-19-35-60(63(57)64)65(52-29-18-26-48(42-52)44-20-6-2-7-21-44)51-39-36-45(37-40-51)49-38-41-54-53-30-14-15-32-56(53)61(46-22-8-3-9-23-46)62(58(54)43-49)47-24-10-4-11-25-47/h2-43H,1H3. The Bertz CT molecular complexity index is 3520. The molecule has 0 saturated carbocycles. The highest BCUT2D eigenvalue weighted by Gasteiger charge is 2.43. The maximum absolute atomic E-state index is 2.48. The van der Waals surface area contributed by atoms with Crippen molar-refractivity contribution in [2.45, 2.75) is 12.3 Å². The maximum Gasteiger partial charge on any atom is 0.0512 e. The molecule has 1 aliphatic carbocycles. The molecule has 1 heteroatoms. The molecule has 0 fully saturated rings. The normalized spacial score (nSPS) is 14.0. The Kier molecular flexibility index (Phi) is 9.35. The molecular weight excluding hydrogens is 783 g/mol. The zero-order valence-corrected chi connectivity index (χ0v) is 36.2. The summed E-state index contributed by atoms with van der Waals surface area (Å²) in [5.74, 6) is 0. The van der Waals surface area contributed by atoms with Gasteiger partial charge in [-0.15, -0.1) is 0 Å². The second kappa shape index (κ2) is 15.8. The Balaban J connectivity index is 1.05. The molecule has 0 saturated heterocycles. The molecule has 11 aromatic carbocycles. The van der Waals surface area contributed by atoms with E-state index in [-0.39, 0.29) is 5.41 Å². The number of anilines is 3. The van der Waals surface area contributed by atoms with E-state index in [0.717, 1.165) is 11.4 Å². The molecule has 12 rings (SSSR count). The van der Waals surface area contributed by atoms with Gasteiger partial charge >= 0.3 is 0 Å². The van der Waals surface area contributed by atoms with Gasteiger partial charge in [0.15, 0.2) is 0 Å². The van der Waals surface area contributed by atoms with Crippen LogP contribution in [-0.2, 0) is 5.41 Å². The number of fused-ring (bicyclic) bond motifs is 6. The predicted molar refractivity (Wildman–Crippen MR) is 275 cm³/mol. The summed E-state index contributed by atoms with van der Waals surface area (Å²) in [6.45, 7) is 2.41. The Morgan fingerprint density at radius 1 is 0.308 bits per heavy atom. The summed E-state index contributed by atoms with van der Waals surface area (Å²) in [5, 5.41) is 5.02. The first-order valence-electron chi connectivity index (χ1n) is 22.6. The molecule has 65 heavy (non-hydrogen) atoms. The molecular formula is C64H45N. The minimum Gasteiger partial charge on any atom is -0.310 e. The van der Waals surface area contributed by atoms with Crippen LogP contribution in [0.5, 0.6) is 0 Å². The lowest BCUT2D eigenvalue weighted by Crippen LogP contribution is -2.25. The van der Waals surface area contributed by atoms with E-state index in [0.29, 0.717) is 0 Å². The van der Waals surface area contributed by atoms with Crippen LogP contribution in [0, 0.1) is 0 Å². The summed E-state index contributed by atoms with van der Waals surface area (Å²) in [7, 11) is 0. The van der Waals surface area contributed by atoms with Crippen molar-refractivity contribution in [3.63, 3.8) is 0 Å². The van der Waals surface area contributed by atoms with Crippen LogP contribution in [-0.4, -0.2) is 0 Å². The number of rotatable bonds is 8.